The van der Waals surface area contributed by atoms with E-state index < -0.39 is 0 Å². The second-order valence-electron chi connectivity index (χ2n) is 5.90. The number of nitrogens with zero attached hydrogens (tertiary/aromatic N) is 2. The first-order valence-electron chi connectivity index (χ1n) is 8.45. The molecular formula is C19H21N3O2S2. The molecule has 0 spiro atoms. The number of aryl methyl sites for hydroxylation is 1. The minimum atomic E-state index is -0.00718. The highest BCUT2D eigenvalue weighted by Gasteiger charge is 2.12. The second-order valence-corrected chi connectivity index (χ2v) is 7.73. The molecule has 7 heteroatoms. The molecule has 0 bridgehead atoms. The zero-order valence-corrected chi connectivity index (χ0v) is 16.4. The first-order valence-corrected chi connectivity index (χ1v) is 10.6. The first kappa shape index (κ1) is 18.7. The van der Waals surface area contributed by atoms with E-state index in [4.69, 9.17) is 4.52 Å². The lowest BCUT2D eigenvalue weighted by atomic mass is 10.1. The lowest BCUT2D eigenvalue weighted by molar-refractivity contribution is -0.121. The lowest BCUT2D eigenvalue weighted by Crippen LogP contribution is -2.26. The third-order valence-electron chi connectivity index (χ3n) is 4.00. The van der Waals surface area contributed by atoms with Crippen LogP contribution in [-0.4, -0.2) is 22.3 Å². The number of benzene rings is 1. The van der Waals surface area contributed by atoms with E-state index in [2.05, 4.69) is 39.7 Å². The molecule has 3 rings (SSSR count). The Morgan fingerprint density at radius 3 is 2.81 bits per heavy atom. The van der Waals surface area contributed by atoms with E-state index in [9.17, 15) is 4.79 Å². The number of carbonyl (C=O) groups is 1. The van der Waals surface area contributed by atoms with Crippen molar-refractivity contribution in [2.75, 3.05) is 6.26 Å². The molecule has 0 saturated heterocycles. The molecular weight excluding hydrogens is 366 g/mol. The molecule has 5 nitrogen and oxygen atoms in total. The molecule has 0 fully saturated rings. The topological polar surface area (TPSA) is 68.0 Å². The fraction of sp³-hybridized carbons (Fsp3) is 0.316. The van der Waals surface area contributed by atoms with Crippen LogP contribution in [0.4, 0.5) is 0 Å². The Hall–Kier alpha value is -2.12. The van der Waals surface area contributed by atoms with Gasteiger partial charge in [0.1, 0.15) is 0 Å². The standard InChI is InChI=1S/C19H21N3O2S2/c1-13(14-8-10-15(25-2)11-9-14)20-17(23)6-3-7-18-21-19(22-24-18)16-5-4-12-26-16/h4-5,8-13H,3,6-7H2,1-2H3,(H,20,23). The van der Waals surface area contributed by atoms with Crippen LogP contribution in [0.2, 0.25) is 0 Å². The summed E-state index contributed by atoms with van der Waals surface area (Å²) in [6, 6.07) is 12.2. The number of amides is 1. The van der Waals surface area contributed by atoms with E-state index in [-0.39, 0.29) is 11.9 Å². The number of aromatic nitrogens is 2. The summed E-state index contributed by atoms with van der Waals surface area (Å²) in [5.74, 6) is 1.22. The van der Waals surface area contributed by atoms with E-state index in [0.717, 1.165) is 10.4 Å². The van der Waals surface area contributed by atoms with Gasteiger partial charge >= 0.3 is 0 Å². The van der Waals surface area contributed by atoms with Crippen molar-refractivity contribution in [2.45, 2.75) is 37.1 Å². The molecule has 0 aliphatic rings. The Morgan fingerprint density at radius 1 is 1.31 bits per heavy atom. The Kier molecular flexibility index (Phi) is 6.46. The van der Waals surface area contributed by atoms with Crippen molar-refractivity contribution in [3.8, 4) is 10.7 Å². The maximum Gasteiger partial charge on any atom is 0.226 e. The molecule has 1 unspecified atom stereocenters. The third-order valence-corrected chi connectivity index (χ3v) is 5.61. The van der Waals surface area contributed by atoms with E-state index in [0.29, 0.717) is 31.0 Å². The van der Waals surface area contributed by atoms with Crippen LogP contribution in [0.5, 0.6) is 0 Å². The number of thioether (sulfide) groups is 1. The van der Waals surface area contributed by atoms with Gasteiger partial charge in [-0.05, 0) is 48.7 Å². The number of nitrogens with one attached hydrogen (secondary N) is 1. The lowest BCUT2D eigenvalue weighted by Gasteiger charge is -2.14. The summed E-state index contributed by atoms with van der Waals surface area (Å²) in [6.45, 7) is 2.00. The molecule has 2 aromatic heterocycles. The van der Waals surface area contributed by atoms with Crippen LogP contribution in [0, 0.1) is 0 Å². The van der Waals surface area contributed by atoms with Crippen molar-refractivity contribution in [2.24, 2.45) is 0 Å². The molecule has 1 N–H and O–H groups in total. The van der Waals surface area contributed by atoms with Crippen molar-refractivity contribution < 1.29 is 9.32 Å². The molecule has 1 amide bonds. The highest BCUT2D eigenvalue weighted by Crippen LogP contribution is 2.22. The van der Waals surface area contributed by atoms with Crippen LogP contribution >= 0.6 is 23.1 Å². The van der Waals surface area contributed by atoms with Crippen LogP contribution in [-0.2, 0) is 11.2 Å². The van der Waals surface area contributed by atoms with Crippen molar-refractivity contribution in [1.82, 2.24) is 15.5 Å². The van der Waals surface area contributed by atoms with Crippen LogP contribution in [0.3, 0.4) is 0 Å². The van der Waals surface area contributed by atoms with Crippen molar-refractivity contribution in [1.29, 1.82) is 0 Å². The molecule has 0 saturated carbocycles. The summed E-state index contributed by atoms with van der Waals surface area (Å²) in [5, 5.41) is 9.00. The minimum Gasteiger partial charge on any atom is -0.350 e. The smallest absolute Gasteiger partial charge is 0.226 e. The SMILES string of the molecule is CSc1ccc(C(C)NC(=O)CCCc2nc(-c3cccs3)no2)cc1. The minimum absolute atomic E-state index is 0.00718. The summed E-state index contributed by atoms with van der Waals surface area (Å²) in [7, 11) is 0. The Bertz CT molecular complexity index is 829. The van der Waals surface area contributed by atoms with Crippen LogP contribution in [0.15, 0.2) is 51.2 Å². The number of carbonyl (C=O) groups excluding carboxylic acids is 1. The van der Waals surface area contributed by atoms with Crippen molar-refractivity contribution in [3.05, 3.63) is 53.2 Å². The fourth-order valence-electron chi connectivity index (χ4n) is 2.55. The zero-order chi connectivity index (χ0) is 18.4. The summed E-state index contributed by atoms with van der Waals surface area (Å²) < 4.78 is 5.25. The summed E-state index contributed by atoms with van der Waals surface area (Å²) in [4.78, 5) is 18.7. The second kappa shape index (κ2) is 9.00. The monoisotopic (exact) mass is 387 g/mol. The number of hydrogen-bond donors (Lipinski definition) is 1. The largest absolute Gasteiger partial charge is 0.350 e. The normalized spacial score (nSPS) is 12.1. The highest BCUT2D eigenvalue weighted by atomic mass is 32.2. The molecule has 1 atom stereocenters. The molecule has 0 radical (unpaired) electrons. The fourth-order valence-corrected chi connectivity index (χ4v) is 3.61. The number of thiophene rings is 1. The third kappa shape index (κ3) is 4.95. The van der Waals surface area contributed by atoms with Crippen LogP contribution < -0.4 is 5.32 Å². The van der Waals surface area contributed by atoms with Gasteiger partial charge in [-0.2, -0.15) is 4.98 Å². The Balaban J connectivity index is 1.43. The molecule has 3 aromatic rings. The van der Waals surface area contributed by atoms with Gasteiger partial charge < -0.3 is 9.84 Å². The number of hydrogen-bond acceptors (Lipinski definition) is 6. The summed E-state index contributed by atoms with van der Waals surface area (Å²) >= 11 is 3.28. The van der Waals surface area contributed by atoms with Gasteiger partial charge in [0, 0.05) is 17.7 Å². The van der Waals surface area contributed by atoms with Gasteiger partial charge in [-0.25, -0.2) is 0 Å². The molecule has 1 aromatic carbocycles. The van der Waals surface area contributed by atoms with Gasteiger partial charge in [-0.1, -0.05) is 23.4 Å². The van der Waals surface area contributed by atoms with Gasteiger partial charge in [0.15, 0.2) is 0 Å². The molecule has 26 heavy (non-hydrogen) atoms. The maximum absolute atomic E-state index is 12.2. The zero-order valence-electron chi connectivity index (χ0n) is 14.8. The summed E-state index contributed by atoms with van der Waals surface area (Å²) in [5.41, 5.74) is 1.11. The Labute approximate surface area is 161 Å². The summed E-state index contributed by atoms with van der Waals surface area (Å²) in [6.07, 6.45) is 3.76. The van der Waals surface area contributed by atoms with Gasteiger partial charge in [0.05, 0.1) is 10.9 Å². The van der Waals surface area contributed by atoms with Crippen molar-refractivity contribution >= 4 is 29.0 Å². The van der Waals surface area contributed by atoms with Crippen LogP contribution in [0.1, 0.15) is 37.3 Å². The van der Waals surface area contributed by atoms with Gasteiger partial charge in [0.2, 0.25) is 17.6 Å². The molecule has 0 aliphatic heterocycles. The van der Waals surface area contributed by atoms with Gasteiger partial charge in [-0.3, -0.25) is 4.79 Å². The van der Waals surface area contributed by atoms with E-state index in [1.54, 1.807) is 23.1 Å². The quantitative estimate of drug-likeness (QED) is 0.567. The average Bonchev–Trinajstić information content (AvgIpc) is 3.33. The number of rotatable bonds is 8. The predicted molar refractivity (Wildman–Crippen MR) is 105 cm³/mol. The predicted octanol–water partition coefficient (Wildman–Crippen LogP) is 4.72. The van der Waals surface area contributed by atoms with E-state index in [1.165, 1.54) is 4.90 Å². The maximum atomic E-state index is 12.2. The van der Waals surface area contributed by atoms with E-state index >= 15 is 0 Å². The average molecular weight is 388 g/mol. The molecule has 2 heterocycles. The van der Waals surface area contributed by atoms with Gasteiger partial charge in [-0.15, -0.1) is 23.1 Å². The van der Waals surface area contributed by atoms with Gasteiger partial charge in [0.25, 0.3) is 0 Å². The van der Waals surface area contributed by atoms with Crippen LogP contribution in [0.25, 0.3) is 10.7 Å². The highest BCUT2D eigenvalue weighted by molar-refractivity contribution is 7.98. The Morgan fingerprint density at radius 2 is 2.12 bits per heavy atom. The molecule has 136 valence electrons. The molecule has 0 aliphatic carbocycles. The first-order chi connectivity index (χ1) is 12.7. The van der Waals surface area contributed by atoms with Crippen molar-refractivity contribution in [3.63, 3.8) is 0 Å². The van der Waals surface area contributed by atoms with E-state index in [1.807, 2.05) is 30.7 Å².